The molecule has 2 heterocycles. The van der Waals surface area contributed by atoms with Crippen LogP contribution in [0.25, 0.3) is 10.2 Å². The predicted molar refractivity (Wildman–Crippen MR) is 91.8 cm³/mol. The predicted octanol–water partition coefficient (Wildman–Crippen LogP) is 3.78. The molecule has 2 aromatic rings. The van der Waals surface area contributed by atoms with Crippen molar-refractivity contribution in [1.82, 2.24) is 9.97 Å². The van der Waals surface area contributed by atoms with Crippen LogP contribution in [0.15, 0.2) is 6.07 Å². The van der Waals surface area contributed by atoms with Gasteiger partial charge in [0.1, 0.15) is 10.6 Å². The summed E-state index contributed by atoms with van der Waals surface area (Å²) in [5.41, 5.74) is 2.55. The lowest BCUT2D eigenvalue weighted by atomic mass is 10.0. The quantitative estimate of drug-likeness (QED) is 0.536. The van der Waals surface area contributed by atoms with E-state index >= 15 is 0 Å². The van der Waals surface area contributed by atoms with E-state index in [1.54, 1.807) is 11.3 Å². The van der Waals surface area contributed by atoms with Gasteiger partial charge in [-0.1, -0.05) is 20.8 Å². The Bertz CT molecular complexity index is 593. The van der Waals surface area contributed by atoms with Crippen LogP contribution < -0.4 is 16.6 Å². The van der Waals surface area contributed by atoms with E-state index in [2.05, 4.69) is 54.5 Å². The monoisotopic (exact) mass is 307 g/mol. The molecule has 0 radical (unpaired) electrons. The number of aryl methyl sites for hydroxylation is 1. The molecule has 21 heavy (non-hydrogen) atoms. The van der Waals surface area contributed by atoms with Gasteiger partial charge in [-0.05, 0) is 38.2 Å². The molecular formula is C15H25N5S. The highest BCUT2D eigenvalue weighted by atomic mass is 32.1. The van der Waals surface area contributed by atoms with Gasteiger partial charge in [0.15, 0.2) is 0 Å². The molecule has 2 rings (SSSR count). The van der Waals surface area contributed by atoms with Gasteiger partial charge in [-0.2, -0.15) is 4.98 Å². The van der Waals surface area contributed by atoms with Crippen molar-refractivity contribution in [2.75, 3.05) is 10.7 Å². The number of nitrogen functional groups attached to an aromatic ring is 1. The van der Waals surface area contributed by atoms with E-state index in [1.807, 2.05) is 0 Å². The van der Waals surface area contributed by atoms with Gasteiger partial charge in [0, 0.05) is 10.9 Å². The Hall–Kier alpha value is -1.40. The summed E-state index contributed by atoms with van der Waals surface area (Å²) < 4.78 is 0. The van der Waals surface area contributed by atoms with Gasteiger partial charge in [-0.3, -0.25) is 5.43 Å². The molecule has 0 aliphatic carbocycles. The Morgan fingerprint density at radius 3 is 2.62 bits per heavy atom. The normalized spacial score (nSPS) is 12.9. The van der Waals surface area contributed by atoms with Crippen LogP contribution in [0.5, 0.6) is 0 Å². The van der Waals surface area contributed by atoms with Crippen LogP contribution in [0.4, 0.5) is 11.8 Å². The van der Waals surface area contributed by atoms with Crippen molar-refractivity contribution in [1.29, 1.82) is 0 Å². The minimum atomic E-state index is 0.376. The minimum Gasteiger partial charge on any atom is -0.367 e. The van der Waals surface area contributed by atoms with Crippen molar-refractivity contribution in [2.45, 2.75) is 53.0 Å². The van der Waals surface area contributed by atoms with Crippen LogP contribution in [-0.2, 0) is 6.42 Å². The van der Waals surface area contributed by atoms with Gasteiger partial charge < -0.3 is 5.32 Å². The third-order valence-corrected chi connectivity index (χ3v) is 4.65. The van der Waals surface area contributed by atoms with E-state index in [-0.39, 0.29) is 0 Å². The number of nitrogens with two attached hydrogens (primary N) is 1. The molecule has 1 atom stereocenters. The molecule has 0 saturated heterocycles. The second-order valence-corrected chi connectivity index (χ2v) is 6.96. The SMILES string of the molecule is CCc1cc2c(NC(C)CCC(C)C)nc(NN)nc2s1. The maximum atomic E-state index is 5.48. The molecule has 116 valence electrons. The van der Waals surface area contributed by atoms with E-state index < -0.39 is 0 Å². The number of hydrogen-bond acceptors (Lipinski definition) is 6. The lowest BCUT2D eigenvalue weighted by Gasteiger charge is -2.16. The molecular weight excluding hydrogens is 282 g/mol. The Labute approximate surface area is 130 Å². The van der Waals surface area contributed by atoms with Crippen LogP contribution in [-0.4, -0.2) is 16.0 Å². The summed E-state index contributed by atoms with van der Waals surface area (Å²) in [6.07, 6.45) is 3.34. The molecule has 0 amide bonds. The summed E-state index contributed by atoms with van der Waals surface area (Å²) in [6, 6.07) is 2.55. The number of nitrogens with one attached hydrogen (secondary N) is 2. The third kappa shape index (κ3) is 4.04. The molecule has 2 aromatic heterocycles. The largest absolute Gasteiger partial charge is 0.367 e. The first-order chi connectivity index (χ1) is 10.0. The standard InChI is InChI=1S/C15H25N5S/c1-5-11-8-12-13(17-10(4)7-6-9(2)3)18-15(20-16)19-14(12)21-11/h8-10H,5-7,16H2,1-4H3,(H2,17,18,19,20). The summed E-state index contributed by atoms with van der Waals surface area (Å²) in [5, 5.41) is 4.60. The first-order valence-electron chi connectivity index (χ1n) is 7.57. The highest BCUT2D eigenvalue weighted by molar-refractivity contribution is 7.18. The number of hydrazine groups is 1. The van der Waals surface area contributed by atoms with E-state index in [9.17, 15) is 0 Å². The lowest BCUT2D eigenvalue weighted by Crippen LogP contribution is -2.18. The van der Waals surface area contributed by atoms with Crippen molar-refractivity contribution in [3.63, 3.8) is 0 Å². The molecule has 0 spiro atoms. The molecule has 4 N–H and O–H groups in total. The van der Waals surface area contributed by atoms with E-state index in [4.69, 9.17) is 5.84 Å². The van der Waals surface area contributed by atoms with Crippen molar-refractivity contribution >= 4 is 33.3 Å². The number of thiophene rings is 1. The summed E-state index contributed by atoms with van der Waals surface area (Å²) in [4.78, 5) is 11.2. The second kappa shape index (κ2) is 7.04. The fraction of sp³-hybridized carbons (Fsp3) is 0.600. The zero-order chi connectivity index (χ0) is 15.4. The number of nitrogens with zero attached hydrogens (tertiary/aromatic N) is 2. The maximum Gasteiger partial charge on any atom is 0.240 e. The van der Waals surface area contributed by atoms with Crippen molar-refractivity contribution < 1.29 is 0 Å². The lowest BCUT2D eigenvalue weighted by molar-refractivity contribution is 0.527. The van der Waals surface area contributed by atoms with Crippen LogP contribution >= 0.6 is 11.3 Å². The van der Waals surface area contributed by atoms with Crippen LogP contribution in [0, 0.1) is 5.92 Å². The third-order valence-electron chi connectivity index (χ3n) is 3.48. The molecule has 0 saturated carbocycles. The number of rotatable bonds is 7. The number of fused-ring (bicyclic) bond motifs is 1. The Kier molecular flexibility index (Phi) is 5.36. The molecule has 0 fully saturated rings. The second-order valence-electron chi connectivity index (χ2n) is 5.84. The highest BCUT2D eigenvalue weighted by Gasteiger charge is 2.13. The zero-order valence-electron chi connectivity index (χ0n) is 13.2. The summed E-state index contributed by atoms with van der Waals surface area (Å²) >= 11 is 1.70. The Morgan fingerprint density at radius 1 is 1.24 bits per heavy atom. The van der Waals surface area contributed by atoms with Gasteiger partial charge in [0.05, 0.1) is 5.39 Å². The highest BCUT2D eigenvalue weighted by Crippen LogP contribution is 2.30. The fourth-order valence-corrected chi connectivity index (χ4v) is 3.18. The van der Waals surface area contributed by atoms with Gasteiger partial charge in [-0.25, -0.2) is 10.8 Å². The van der Waals surface area contributed by atoms with Crippen LogP contribution in [0.3, 0.4) is 0 Å². The summed E-state index contributed by atoms with van der Waals surface area (Å²) in [7, 11) is 0. The first kappa shape index (κ1) is 16.0. The Balaban J connectivity index is 2.26. The van der Waals surface area contributed by atoms with Gasteiger partial charge in [0.2, 0.25) is 5.95 Å². The molecule has 1 unspecified atom stereocenters. The molecule has 6 heteroatoms. The fourth-order valence-electron chi connectivity index (χ4n) is 2.21. The molecule has 0 aliphatic heterocycles. The number of hydrogen-bond donors (Lipinski definition) is 3. The van der Waals surface area contributed by atoms with Crippen molar-refractivity contribution in [3.05, 3.63) is 10.9 Å². The van der Waals surface area contributed by atoms with Gasteiger partial charge in [0.25, 0.3) is 0 Å². The average Bonchev–Trinajstić information content (AvgIpc) is 2.88. The topological polar surface area (TPSA) is 75.9 Å². The van der Waals surface area contributed by atoms with Crippen molar-refractivity contribution in [2.24, 2.45) is 11.8 Å². The van der Waals surface area contributed by atoms with E-state index in [0.29, 0.717) is 17.9 Å². The van der Waals surface area contributed by atoms with Gasteiger partial charge in [-0.15, -0.1) is 11.3 Å². The van der Waals surface area contributed by atoms with E-state index in [0.717, 1.165) is 28.9 Å². The molecule has 0 aliphatic rings. The molecule has 0 bridgehead atoms. The molecule has 0 aromatic carbocycles. The van der Waals surface area contributed by atoms with Crippen LogP contribution in [0.1, 0.15) is 45.4 Å². The van der Waals surface area contributed by atoms with E-state index in [1.165, 1.54) is 11.3 Å². The zero-order valence-corrected chi connectivity index (χ0v) is 14.0. The van der Waals surface area contributed by atoms with Crippen LogP contribution in [0.2, 0.25) is 0 Å². The first-order valence-corrected chi connectivity index (χ1v) is 8.38. The minimum absolute atomic E-state index is 0.376. The molecule has 5 nitrogen and oxygen atoms in total. The summed E-state index contributed by atoms with van der Waals surface area (Å²) in [5.74, 6) is 7.54. The number of aromatic nitrogens is 2. The maximum absolute atomic E-state index is 5.48. The Morgan fingerprint density at radius 2 is 2.00 bits per heavy atom. The average molecular weight is 307 g/mol. The number of anilines is 2. The van der Waals surface area contributed by atoms with Gasteiger partial charge >= 0.3 is 0 Å². The smallest absolute Gasteiger partial charge is 0.240 e. The summed E-state index contributed by atoms with van der Waals surface area (Å²) in [6.45, 7) is 8.84. The van der Waals surface area contributed by atoms with Crippen molar-refractivity contribution in [3.8, 4) is 0 Å².